The predicted molar refractivity (Wildman–Crippen MR) is 88.0 cm³/mol. The van der Waals surface area contributed by atoms with Gasteiger partial charge in [0.05, 0.1) is 6.04 Å². The molecule has 130 valence electrons. The molecule has 0 aromatic rings. The second kappa shape index (κ2) is 12.4. The summed E-state index contributed by atoms with van der Waals surface area (Å²) in [6.07, 6.45) is 11.8. The highest BCUT2D eigenvalue weighted by Crippen LogP contribution is 2.11. The molecular weight excluding hydrogens is 298 g/mol. The second-order valence-electron chi connectivity index (χ2n) is 5.34. The molecule has 1 atom stereocenters. The van der Waals surface area contributed by atoms with Crippen molar-refractivity contribution in [1.82, 2.24) is 5.32 Å². The lowest BCUT2D eigenvalue weighted by atomic mass is 9.96. The third-order valence-electron chi connectivity index (χ3n) is 3.33. The molecular formula is C17H27NO5. The molecule has 0 heterocycles. The molecule has 0 radical (unpaired) electrons. The fraction of sp³-hybridized carbons (Fsp3) is 0.588. The Kier molecular flexibility index (Phi) is 11.3. The van der Waals surface area contributed by atoms with Crippen LogP contribution in [0.15, 0.2) is 24.3 Å². The highest BCUT2D eigenvalue weighted by atomic mass is 16.4. The van der Waals surface area contributed by atoms with Crippen LogP contribution in [-0.4, -0.2) is 34.1 Å². The average molecular weight is 325 g/mol. The summed E-state index contributed by atoms with van der Waals surface area (Å²) in [4.78, 5) is 33.9. The first kappa shape index (κ1) is 20.9. The maximum Gasteiger partial charge on any atom is 0.320 e. The molecule has 0 rings (SSSR count). The fourth-order valence-electron chi connectivity index (χ4n) is 2.14. The molecule has 1 amide bonds. The third-order valence-corrected chi connectivity index (χ3v) is 3.33. The van der Waals surface area contributed by atoms with Crippen molar-refractivity contribution >= 4 is 17.8 Å². The number of nitrogens with one attached hydrogen (secondary N) is 1. The van der Waals surface area contributed by atoms with Gasteiger partial charge in [0, 0.05) is 6.08 Å². The van der Waals surface area contributed by atoms with E-state index in [-0.39, 0.29) is 6.42 Å². The Morgan fingerprint density at radius 3 is 2.17 bits per heavy atom. The number of carboxylic acid groups (broad SMARTS) is 2. The first-order valence-corrected chi connectivity index (χ1v) is 8.03. The second-order valence-corrected chi connectivity index (χ2v) is 5.34. The Labute approximate surface area is 137 Å². The maximum atomic E-state index is 11.8. The molecule has 0 unspecified atom stereocenters. The van der Waals surface area contributed by atoms with Gasteiger partial charge in [-0.1, -0.05) is 51.3 Å². The SMILES string of the molecule is CCCCC/C=C/C=C/C(=O)N[C@@H](CCC)C(C(=O)O)C(=O)O. The van der Waals surface area contributed by atoms with E-state index in [1.54, 1.807) is 19.1 Å². The number of carbonyl (C=O) groups is 3. The lowest BCUT2D eigenvalue weighted by Crippen LogP contribution is -2.46. The summed E-state index contributed by atoms with van der Waals surface area (Å²) in [5.41, 5.74) is 0. The minimum Gasteiger partial charge on any atom is -0.481 e. The van der Waals surface area contributed by atoms with Crippen LogP contribution in [0.4, 0.5) is 0 Å². The lowest BCUT2D eigenvalue weighted by Gasteiger charge is -2.21. The van der Waals surface area contributed by atoms with Crippen molar-refractivity contribution in [3.05, 3.63) is 24.3 Å². The topological polar surface area (TPSA) is 104 Å². The summed E-state index contributed by atoms with van der Waals surface area (Å²) in [5.74, 6) is -5.03. The van der Waals surface area contributed by atoms with Crippen molar-refractivity contribution in [3.63, 3.8) is 0 Å². The molecule has 0 aliphatic carbocycles. The largest absolute Gasteiger partial charge is 0.481 e. The minimum atomic E-state index is -1.64. The zero-order valence-corrected chi connectivity index (χ0v) is 13.8. The van der Waals surface area contributed by atoms with Crippen LogP contribution in [0.25, 0.3) is 0 Å². The van der Waals surface area contributed by atoms with Crippen LogP contribution in [0, 0.1) is 5.92 Å². The third kappa shape index (κ3) is 9.50. The molecule has 23 heavy (non-hydrogen) atoms. The summed E-state index contributed by atoms with van der Waals surface area (Å²) < 4.78 is 0. The van der Waals surface area contributed by atoms with Gasteiger partial charge in [0.15, 0.2) is 5.92 Å². The van der Waals surface area contributed by atoms with Crippen molar-refractivity contribution < 1.29 is 24.6 Å². The Hall–Kier alpha value is -2.11. The van der Waals surface area contributed by atoms with Gasteiger partial charge in [-0.3, -0.25) is 14.4 Å². The monoisotopic (exact) mass is 325 g/mol. The number of carbonyl (C=O) groups excluding carboxylic acids is 1. The van der Waals surface area contributed by atoms with Crippen molar-refractivity contribution in [1.29, 1.82) is 0 Å². The van der Waals surface area contributed by atoms with E-state index >= 15 is 0 Å². The predicted octanol–water partition coefficient (Wildman–Crippen LogP) is 2.75. The summed E-state index contributed by atoms with van der Waals surface area (Å²) in [7, 11) is 0. The van der Waals surface area contributed by atoms with Gasteiger partial charge in [-0.25, -0.2) is 0 Å². The van der Waals surface area contributed by atoms with E-state index < -0.39 is 29.8 Å². The van der Waals surface area contributed by atoms with E-state index in [0.717, 1.165) is 19.3 Å². The Bertz CT molecular complexity index is 428. The number of carboxylic acids is 2. The van der Waals surface area contributed by atoms with E-state index in [0.29, 0.717) is 6.42 Å². The minimum absolute atomic E-state index is 0.287. The first-order valence-electron chi connectivity index (χ1n) is 8.03. The highest BCUT2D eigenvalue weighted by Gasteiger charge is 2.34. The average Bonchev–Trinajstić information content (AvgIpc) is 2.45. The van der Waals surface area contributed by atoms with Gasteiger partial charge in [-0.05, 0) is 19.3 Å². The number of amides is 1. The van der Waals surface area contributed by atoms with Gasteiger partial charge in [0.2, 0.25) is 5.91 Å². The van der Waals surface area contributed by atoms with Crippen molar-refractivity contribution in [3.8, 4) is 0 Å². The fourth-order valence-corrected chi connectivity index (χ4v) is 2.14. The Morgan fingerprint density at radius 2 is 1.65 bits per heavy atom. The van der Waals surface area contributed by atoms with E-state index in [4.69, 9.17) is 10.2 Å². The highest BCUT2D eigenvalue weighted by molar-refractivity contribution is 5.95. The summed E-state index contributed by atoms with van der Waals surface area (Å²) in [6, 6.07) is -0.930. The quantitative estimate of drug-likeness (QED) is 0.221. The van der Waals surface area contributed by atoms with Crippen LogP contribution in [0.2, 0.25) is 0 Å². The molecule has 0 aliphatic rings. The molecule has 0 fully saturated rings. The van der Waals surface area contributed by atoms with E-state index in [1.807, 2.05) is 6.08 Å². The molecule has 6 nitrogen and oxygen atoms in total. The van der Waals surface area contributed by atoms with E-state index in [9.17, 15) is 14.4 Å². The zero-order chi connectivity index (χ0) is 17.7. The molecule has 6 heteroatoms. The van der Waals surface area contributed by atoms with E-state index in [2.05, 4.69) is 12.2 Å². The van der Waals surface area contributed by atoms with Crippen LogP contribution >= 0.6 is 0 Å². The van der Waals surface area contributed by atoms with Crippen LogP contribution < -0.4 is 5.32 Å². The van der Waals surface area contributed by atoms with Gasteiger partial charge < -0.3 is 15.5 Å². The van der Waals surface area contributed by atoms with Crippen LogP contribution in [0.5, 0.6) is 0 Å². The number of aliphatic carboxylic acids is 2. The molecule has 0 bridgehead atoms. The number of hydrogen-bond donors (Lipinski definition) is 3. The number of unbranched alkanes of at least 4 members (excludes halogenated alkanes) is 3. The van der Waals surface area contributed by atoms with Gasteiger partial charge in [-0.15, -0.1) is 0 Å². The molecule has 0 aliphatic heterocycles. The Morgan fingerprint density at radius 1 is 1.00 bits per heavy atom. The van der Waals surface area contributed by atoms with Gasteiger partial charge in [-0.2, -0.15) is 0 Å². The molecule has 0 spiro atoms. The molecule has 0 saturated carbocycles. The van der Waals surface area contributed by atoms with Crippen LogP contribution in [0.3, 0.4) is 0 Å². The van der Waals surface area contributed by atoms with Crippen molar-refractivity contribution in [2.45, 2.75) is 58.4 Å². The summed E-state index contributed by atoms with van der Waals surface area (Å²) in [5, 5.41) is 20.5. The molecule has 0 aromatic carbocycles. The molecule has 0 saturated heterocycles. The van der Waals surface area contributed by atoms with E-state index in [1.165, 1.54) is 12.5 Å². The van der Waals surface area contributed by atoms with Crippen LogP contribution in [0.1, 0.15) is 52.4 Å². The summed E-state index contributed by atoms with van der Waals surface area (Å²) >= 11 is 0. The summed E-state index contributed by atoms with van der Waals surface area (Å²) in [6.45, 7) is 3.93. The zero-order valence-electron chi connectivity index (χ0n) is 13.8. The molecule has 0 aromatic heterocycles. The number of rotatable bonds is 12. The first-order chi connectivity index (χ1) is 10.9. The lowest BCUT2D eigenvalue weighted by molar-refractivity contribution is -0.156. The van der Waals surface area contributed by atoms with Crippen molar-refractivity contribution in [2.24, 2.45) is 5.92 Å². The van der Waals surface area contributed by atoms with Crippen LogP contribution in [-0.2, 0) is 14.4 Å². The number of hydrogen-bond acceptors (Lipinski definition) is 3. The maximum absolute atomic E-state index is 11.8. The van der Waals surface area contributed by atoms with Gasteiger partial charge >= 0.3 is 11.9 Å². The van der Waals surface area contributed by atoms with Gasteiger partial charge in [0.25, 0.3) is 0 Å². The Balaban J connectivity index is 4.55. The van der Waals surface area contributed by atoms with Gasteiger partial charge in [0.1, 0.15) is 0 Å². The van der Waals surface area contributed by atoms with Crippen molar-refractivity contribution in [2.75, 3.05) is 0 Å². The smallest absolute Gasteiger partial charge is 0.320 e. The molecule has 3 N–H and O–H groups in total. The normalized spacial score (nSPS) is 12.8. The number of allylic oxidation sites excluding steroid dienone is 3. The standard InChI is InChI=1S/C17H27NO5/c1-3-5-6-7-8-9-10-12-14(19)18-13(11-4-2)15(16(20)21)17(22)23/h8-10,12-13,15H,3-7,11H2,1-2H3,(H,18,19)(H,20,21)(H,22,23)/b9-8+,12-10+/t13-/m0/s1.